The first-order valence-electron chi connectivity index (χ1n) is 6.38. The number of hydrogen-bond acceptors (Lipinski definition) is 2. The predicted molar refractivity (Wildman–Crippen MR) is 71.2 cm³/mol. The van der Waals surface area contributed by atoms with E-state index in [1.807, 2.05) is 26.0 Å². The highest BCUT2D eigenvalue weighted by molar-refractivity contribution is 5.27. The zero-order valence-electron chi connectivity index (χ0n) is 10.6. The second-order valence-electron chi connectivity index (χ2n) is 4.83. The van der Waals surface area contributed by atoms with E-state index in [2.05, 4.69) is 29.6 Å². The fraction of sp³-hybridized carbons (Fsp3) is 0.467. The van der Waals surface area contributed by atoms with Crippen LogP contribution in [0.4, 0.5) is 0 Å². The van der Waals surface area contributed by atoms with Gasteiger partial charge < -0.3 is 10.1 Å². The van der Waals surface area contributed by atoms with Gasteiger partial charge >= 0.3 is 0 Å². The van der Waals surface area contributed by atoms with Crippen molar-refractivity contribution in [1.82, 2.24) is 5.32 Å². The molecule has 0 spiro atoms. The summed E-state index contributed by atoms with van der Waals surface area (Å²) in [4.78, 5) is 0. The van der Waals surface area contributed by atoms with Crippen LogP contribution in [-0.2, 0) is 6.54 Å². The summed E-state index contributed by atoms with van der Waals surface area (Å²) in [7, 11) is 0. The molecule has 2 rings (SSSR count). The number of ether oxygens (including phenoxy) is 1. The average Bonchev–Trinajstić information content (AvgIpc) is 2.80. The van der Waals surface area contributed by atoms with Crippen LogP contribution in [0.1, 0.15) is 32.3 Å². The molecular weight excluding hydrogens is 210 g/mol. The summed E-state index contributed by atoms with van der Waals surface area (Å²) in [6, 6.07) is 8.98. The van der Waals surface area contributed by atoms with Crippen LogP contribution in [0.25, 0.3) is 0 Å². The summed E-state index contributed by atoms with van der Waals surface area (Å²) in [6.45, 7) is 5.03. The molecule has 17 heavy (non-hydrogen) atoms. The van der Waals surface area contributed by atoms with E-state index in [1.54, 1.807) is 0 Å². The van der Waals surface area contributed by atoms with Crippen molar-refractivity contribution >= 4 is 0 Å². The number of rotatable bonds is 5. The van der Waals surface area contributed by atoms with Crippen molar-refractivity contribution in [3.8, 4) is 5.75 Å². The van der Waals surface area contributed by atoms with Gasteiger partial charge in [0.15, 0.2) is 0 Å². The van der Waals surface area contributed by atoms with Gasteiger partial charge in [0, 0.05) is 12.6 Å². The van der Waals surface area contributed by atoms with E-state index in [1.165, 1.54) is 5.56 Å². The van der Waals surface area contributed by atoms with Crippen LogP contribution in [0.5, 0.6) is 5.75 Å². The maximum atomic E-state index is 5.62. The van der Waals surface area contributed by atoms with Gasteiger partial charge in [0.1, 0.15) is 5.75 Å². The minimum Gasteiger partial charge on any atom is -0.491 e. The minimum absolute atomic E-state index is 0.239. The fourth-order valence-electron chi connectivity index (χ4n) is 2.00. The van der Waals surface area contributed by atoms with Crippen molar-refractivity contribution in [3.05, 3.63) is 42.0 Å². The lowest BCUT2D eigenvalue weighted by Crippen LogP contribution is -2.25. The SMILES string of the molecule is CC(C)Oc1ccc(CNC2CC=CC2)cc1. The molecule has 0 bridgehead atoms. The smallest absolute Gasteiger partial charge is 0.119 e. The Balaban J connectivity index is 1.81. The number of hydrogen-bond donors (Lipinski definition) is 1. The van der Waals surface area contributed by atoms with Crippen LogP contribution in [0.3, 0.4) is 0 Å². The third kappa shape index (κ3) is 3.90. The minimum atomic E-state index is 0.239. The molecule has 1 aliphatic carbocycles. The molecule has 1 N–H and O–H groups in total. The van der Waals surface area contributed by atoms with E-state index in [-0.39, 0.29) is 6.10 Å². The highest BCUT2D eigenvalue weighted by atomic mass is 16.5. The van der Waals surface area contributed by atoms with Gasteiger partial charge in [-0.15, -0.1) is 0 Å². The first-order chi connectivity index (χ1) is 8.24. The lowest BCUT2D eigenvalue weighted by Gasteiger charge is -2.13. The van der Waals surface area contributed by atoms with Crippen LogP contribution < -0.4 is 10.1 Å². The monoisotopic (exact) mass is 231 g/mol. The average molecular weight is 231 g/mol. The van der Waals surface area contributed by atoms with Crippen molar-refractivity contribution in [3.63, 3.8) is 0 Å². The second-order valence-corrected chi connectivity index (χ2v) is 4.83. The largest absolute Gasteiger partial charge is 0.491 e. The van der Waals surface area contributed by atoms with Gasteiger partial charge in [-0.3, -0.25) is 0 Å². The number of benzene rings is 1. The Bertz CT molecular complexity index is 359. The second kappa shape index (κ2) is 5.87. The van der Waals surface area contributed by atoms with E-state index in [0.29, 0.717) is 6.04 Å². The van der Waals surface area contributed by atoms with Gasteiger partial charge in [0.2, 0.25) is 0 Å². The number of nitrogens with one attached hydrogen (secondary N) is 1. The van der Waals surface area contributed by atoms with Crippen molar-refractivity contribution in [2.75, 3.05) is 0 Å². The first kappa shape index (κ1) is 12.2. The van der Waals surface area contributed by atoms with Crippen molar-refractivity contribution in [2.45, 2.75) is 45.4 Å². The van der Waals surface area contributed by atoms with E-state index >= 15 is 0 Å². The molecule has 1 aromatic carbocycles. The molecule has 2 heteroatoms. The summed E-state index contributed by atoms with van der Waals surface area (Å²) in [6.07, 6.45) is 7.06. The third-order valence-corrected chi connectivity index (χ3v) is 2.90. The van der Waals surface area contributed by atoms with Gasteiger partial charge in [-0.05, 0) is 44.4 Å². The van der Waals surface area contributed by atoms with E-state index in [4.69, 9.17) is 4.74 Å². The molecule has 0 heterocycles. The Morgan fingerprint density at radius 3 is 2.41 bits per heavy atom. The van der Waals surface area contributed by atoms with Crippen molar-refractivity contribution < 1.29 is 4.74 Å². The molecular formula is C15H21NO. The molecule has 1 aliphatic rings. The molecule has 0 saturated heterocycles. The van der Waals surface area contributed by atoms with E-state index < -0.39 is 0 Å². The zero-order chi connectivity index (χ0) is 12.1. The Hall–Kier alpha value is -1.28. The van der Waals surface area contributed by atoms with Gasteiger partial charge in [-0.25, -0.2) is 0 Å². The molecule has 0 radical (unpaired) electrons. The Kier molecular flexibility index (Phi) is 4.21. The van der Waals surface area contributed by atoms with Crippen LogP contribution in [0.2, 0.25) is 0 Å². The summed E-state index contributed by atoms with van der Waals surface area (Å²) in [5, 5.41) is 3.55. The predicted octanol–water partition coefficient (Wildman–Crippen LogP) is 3.28. The normalized spacial score (nSPS) is 15.7. The van der Waals surface area contributed by atoms with Crippen LogP contribution in [-0.4, -0.2) is 12.1 Å². The summed E-state index contributed by atoms with van der Waals surface area (Å²) in [5.74, 6) is 0.950. The van der Waals surface area contributed by atoms with Gasteiger partial charge in [-0.1, -0.05) is 24.3 Å². The molecule has 0 atom stereocenters. The highest BCUT2D eigenvalue weighted by Crippen LogP contribution is 2.15. The summed E-state index contributed by atoms with van der Waals surface area (Å²) < 4.78 is 5.62. The Morgan fingerprint density at radius 1 is 1.18 bits per heavy atom. The standard InChI is InChI=1S/C15H21NO/c1-12(2)17-15-9-7-13(8-10-15)11-16-14-5-3-4-6-14/h3-4,7-10,12,14,16H,5-6,11H2,1-2H3. The molecule has 0 amide bonds. The molecule has 0 aliphatic heterocycles. The van der Waals surface area contributed by atoms with Gasteiger partial charge in [-0.2, -0.15) is 0 Å². The van der Waals surface area contributed by atoms with Gasteiger partial charge in [0.05, 0.1) is 6.10 Å². The molecule has 0 aromatic heterocycles. The highest BCUT2D eigenvalue weighted by Gasteiger charge is 2.08. The third-order valence-electron chi connectivity index (χ3n) is 2.90. The lowest BCUT2D eigenvalue weighted by atomic mass is 10.2. The fourth-order valence-corrected chi connectivity index (χ4v) is 2.00. The molecule has 0 saturated carbocycles. The molecule has 0 unspecified atom stereocenters. The molecule has 0 fully saturated rings. The van der Waals surface area contributed by atoms with Crippen LogP contribution in [0, 0.1) is 0 Å². The molecule has 1 aromatic rings. The lowest BCUT2D eigenvalue weighted by molar-refractivity contribution is 0.242. The van der Waals surface area contributed by atoms with E-state index in [0.717, 1.165) is 25.1 Å². The van der Waals surface area contributed by atoms with Crippen molar-refractivity contribution in [1.29, 1.82) is 0 Å². The summed E-state index contributed by atoms with van der Waals surface area (Å²) in [5.41, 5.74) is 1.31. The topological polar surface area (TPSA) is 21.3 Å². The van der Waals surface area contributed by atoms with E-state index in [9.17, 15) is 0 Å². The maximum Gasteiger partial charge on any atom is 0.119 e. The quantitative estimate of drug-likeness (QED) is 0.785. The van der Waals surface area contributed by atoms with Crippen LogP contribution in [0.15, 0.2) is 36.4 Å². The Labute approximate surface area is 104 Å². The zero-order valence-corrected chi connectivity index (χ0v) is 10.6. The summed E-state index contributed by atoms with van der Waals surface area (Å²) >= 11 is 0. The molecule has 2 nitrogen and oxygen atoms in total. The maximum absolute atomic E-state index is 5.62. The molecule has 92 valence electrons. The first-order valence-corrected chi connectivity index (χ1v) is 6.38. The Morgan fingerprint density at radius 2 is 1.82 bits per heavy atom. The van der Waals surface area contributed by atoms with Gasteiger partial charge in [0.25, 0.3) is 0 Å². The van der Waals surface area contributed by atoms with Crippen molar-refractivity contribution in [2.24, 2.45) is 0 Å². The van der Waals surface area contributed by atoms with Crippen LogP contribution >= 0.6 is 0 Å².